The average Bonchev–Trinajstić information content (AvgIpc) is 2.30. The Labute approximate surface area is 97.5 Å². The molecule has 0 amide bonds. The summed E-state index contributed by atoms with van der Waals surface area (Å²) in [6.45, 7) is 0. The molecule has 1 aromatic rings. The van der Waals surface area contributed by atoms with Crippen molar-refractivity contribution in [2.24, 2.45) is 0 Å². The van der Waals surface area contributed by atoms with Gasteiger partial charge in [-0.1, -0.05) is 6.08 Å². The molecule has 2 N–H and O–H groups in total. The molecule has 1 aliphatic rings. The molecule has 0 bridgehead atoms. The molecule has 0 atom stereocenters. The number of aromatic nitrogens is 2. The van der Waals surface area contributed by atoms with Crippen molar-refractivity contribution >= 4 is 21.5 Å². The second-order valence-electron chi connectivity index (χ2n) is 3.43. The fourth-order valence-corrected chi connectivity index (χ4v) is 1.78. The van der Waals surface area contributed by atoms with Gasteiger partial charge in [0.2, 0.25) is 0 Å². The number of quaternary nitrogens is 1. The van der Waals surface area contributed by atoms with Crippen LogP contribution in [-0.2, 0) is 0 Å². The third kappa shape index (κ3) is 2.52. The van der Waals surface area contributed by atoms with Crippen molar-refractivity contribution in [2.45, 2.75) is 12.8 Å². The zero-order valence-corrected chi connectivity index (χ0v) is 10.2. The highest BCUT2D eigenvalue weighted by molar-refractivity contribution is 9.10. The maximum atomic E-state index is 4.34. The molecular weight excluding hydrogens is 254 g/mol. The van der Waals surface area contributed by atoms with Gasteiger partial charge in [0.05, 0.1) is 25.1 Å². The van der Waals surface area contributed by atoms with Crippen molar-refractivity contribution in [2.75, 3.05) is 7.05 Å². The van der Waals surface area contributed by atoms with Crippen LogP contribution in [0.2, 0.25) is 0 Å². The first kappa shape index (κ1) is 10.5. The Hall–Kier alpha value is -1.00. The Morgan fingerprint density at radius 2 is 2.07 bits per heavy atom. The van der Waals surface area contributed by atoms with E-state index in [0.717, 1.165) is 23.1 Å². The van der Waals surface area contributed by atoms with E-state index in [4.69, 9.17) is 0 Å². The lowest BCUT2D eigenvalue weighted by Crippen LogP contribution is -2.77. The molecule has 0 fully saturated rings. The van der Waals surface area contributed by atoms with Crippen molar-refractivity contribution < 1.29 is 5.32 Å². The van der Waals surface area contributed by atoms with Gasteiger partial charge in [0.15, 0.2) is 0 Å². The van der Waals surface area contributed by atoms with Gasteiger partial charge in [-0.05, 0) is 34.0 Å². The predicted octanol–water partition coefficient (Wildman–Crippen LogP) is 1.49. The highest BCUT2D eigenvalue weighted by Crippen LogP contribution is 2.22. The fraction of sp³-hybridized carbons (Fsp3) is 0.273. The molecule has 0 radical (unpaired) electrons. The summed E-state index contributed by atoms with van der Waals surface area (Å²) in [5, 5.41) is 2.15. The van der Waals surface area contributed by atoms with Gasteiger partial charge < -0.3 is 5.32 Å². The van der Waals surface area contributed by atoms with E-state index in [1.165, 1.54) is 11.3 Å². The van der Waals surface area contributed by atoms with Gasteiger partial charge in [-0.15, -0.1) is 0 Å². The van der Waals surface area contributed by atoms with Crippen LogP contribution >= 0.6 is 15.9 Å². The van der Waals surface area contributed by atoms with Crippen molar-refractivity contribution in [3.05, 3.63) is 40.5 Å². The van der Waals surface area contributed by atoms with E-state index in [9.17, 15) is 0 Å². The number of hydrogen-bond donors (Lipinski definition) is 1. The van der Waals surface area contributed by atoms with Gasteiger partial charge in [0, 0.05) is 6.42 Å². The summed E-state index contributed by atoms with van der Waals surface area (Å²) in [5.74, 6) is 0. The van der Waals surface area contributed by atoms with E-state index < -0.39 is 0 Å². The number of hydrogen-bond acceptors (Lipinski definition) is 2. The van der Waals surface area contributed by atoms with Crippen LogP contribution < -0.4 is 5.32 Å². The minimum absolute atomic E-state index is 0.779. The second kappa shape index (κ2) is 4.68. The summed E-state index contributed by atoms with van der Waals surface area (Å²) in [6, 6.07) is 0. The topological polar surface area (TPSA) is 42.4 Å². The number of rotatable bonds is 2. The quantitative estimate of drug-likeness (QED) is 0.882. The Balaban J connectivity index is 2.14. The minimum atomic E-state index is 0.779. The lowest BCUT2D eigenvalue weighted by atomic mass is 10.0. The molecule has 4 heteroatoms. The molecular formula is C11H13BrN3+. The van der Waals surface area contributed by atoms with Gasteiger partial charge in [0.25, 0.3) is 0 Å². The summed E-state index contributed by atoms with van der Waals surface area (Å²) in [5.41, 5.74) is 3.63. The van der Waals surface area contributed by atoms with Gasteiger partial charge in [-0.2, -0.15) is 0 Å². The van der Waals surface area contributed by atoms with E-state index in [0.29, 0.717) is 0 Å². The molecule has 1 aromatic heterocycles. The maximum absolute atomic E-state index is 4.34. The van der Waals surface area contributed by atoms with E-state index in [1.54, 1.807) is 6.20 Å². The molecule has 0 spiro atoms. The zero-order chi connectivity index (χ0) is 10.7. The standard InChI is InChI=1S/C11H12BrN3/c1-13-9-4-2-8(3-5-9)10-6-15-11(12)7-14-10/h2,5-7,13H,3-4H2,1H3/p+1. The average molecular weight is 267 g/mol. The summed E-state index contributed by atoms with van der Waals surface area (Å²) < 4.78 is 0.779. The molecule has 1 heterocycles. The monoisotopic (exact) mass is 266 g/mol. The van der Waals surface area contributed by atoms with Gasteiger partial charge in [0.1, 0.15) is 10.3 Å². The first-order valence-electron chi connectivity index (χ1n) is 4.95. The molecule has 0 aliphatic heterocycles. The smallest absolute Gasteiger partial charge is 0.124 e. The van der Waals surface area contributed by atoms with Crippen molar-refractivity contribution in [3.8, 4) is 0 Å². The lowest BCUT2D eigenvalue weighted by molar-refractivity contribution is -0.578. The minimum Gasteiger partial charge on any atom is -0.320 e. The van der Waals surface area contributed by atoms with Gasteiger partial charge in [-0.25, -0.2) is 4.98 Å². The van der Waals surface area contributed by atoms with Crippen LogP contribution in [0.5, 0.6) is 0 Å². The molecule has 15 heavy (non-hydrogen) atoms. The number of nitrogens with two attached hydrogens (primary N) is 1. The van der Waals surface area contributed by atoms with Crippen LogP contribution in [0, 0.1) is 0 Å². The summed E-state index contributed by atoms with van der Waals surface area (Å²) in [6.07, 6.45) is 9.98. The first-order valence-corrected chi connectivity index (χ1v) is 5.74. The highest BCUT2D eigenvalue weighted by atomic mass is 79.9. The Kier molecular flexibility index (Phi) is 3.28. The van der Waals surface area contributed by atoms with Crippen LogP contribution in [0.15, 0.2) is 34.8 Å². The molecule has 78 valence electrons. The lowest BCUT2D eigenvalue weighted by Gasteiger charge is -2.10. The molecule has 0 saturated heterocycles. The third-order valence-corrected chi connectivity index (χ3v) is 2.90. The van der Waals surface area contributed by atoms with Crippen LogP contribution in [-0.4, -0.2) is 17.0 Å². The van der Waals surface area contributed by atoms with E-state index in [1.807, 2.05) is 6.20 Å². The van der Waals surface area contributed by atoms with Crippen LogP contribution in [0.25, 0.3) is 5.57 Å². The number of allylic oxidation sites excluding steroid dienone is 3. The summed E-state index contributed by atoms with van der Waals surface area (Å²) in [4.78, 5) is 8.51. The molecule has 0 aromatic carbocycles. The SMILES string of the molecule is C[NH2+]C1=CCC(c2cnc(Br)cn2)=CC1. The van der Waals surface area contributed by atoms with Gasteiger partial charge in [-0.3, -0.25) is 4.98 Å². The number of halogens is 1. The van der Waals surface area contributed by atoms with E-state index in [2.05, 4.69) is 50.4 Å². The molecule has 0 unspecified atom stereocenters. The van der Waals surface area contributed by atoms with Crippen molar-refractivity contribution in [3.63, 3.8) is 0 Å². The summed E-state index contributed by atoms with van der Waals surface area (Å²) >= 11 is 3.28. The van der Waals surface area contributed by atoms with E-state index in [-0.39, 0.29) is 0 Å². The summed E-state index contributed by atoms with van der Waals surface area (Å²) in [7, 11) is 2.07. The normalized spacial score (nSPS) is 15.9. The Morgan fingerprint density at radius 3 is 2.60 bits per heavy atom. The molecule has 3 nitrogen and oxygen atoms in total. The fourth-order valence-electron chi connectivity index (χ4n) is 1.57. The first-order chi connectivity index (χ1) is 7.29. The maximum Gasteiger partial charge on any atom is 0.124 e. The van der Waals surface area contributed by atoms with Crippen LogP contribution in [0.4, 0.5) is 0 Å². The predicted molar refractivity (Wildman–Crippen MR) is 62.9 cm³/mol. The number of nitrogens with zero attached hydrogens (tertiary/aromatic N) is 2. The van der Waals surface area contributed by atoms with Crippen LogP contribution in [0.3, 0.4) is 0 Å². The van der Waals surface area contributed by atoms with Gasteiger partial charge >= 0.3 is 0 Å². The Morgan fingerprint density at radius 1 is 1.20 bits per heavy atom. The zero-order valence-electron chi connectivity index (χ0n) is 8.57. The molecule has 1 aliphatic carbocycles. The third-order valence-electron chi connectivity index (χ3n) is 2.49. The van der Waals surface area contributed by atoms with Crippen molar-refractivity contribution in [1.29, 1.82) is 0 Å². The molecule has 2 rings (SSSR count). The van der Waals surface area contributed by atoms with Crippen molar-refractivity contribution in [1.82, 2.24) is 9.97 Å². The second-order valence-corrected chi connectivity index (χ2v) is 4.24. The highest BCUT2D eigenvalue weighted by Gasteiger charge is 2.09. The largest absolute Gasteiger partial charge is 0.320 e. The van der Waals surface area contributed by atoms with E-state index >= 15 is 0 Å². The van der Waals surface area contributed by atoms with Crippen LogP contribution in [0.1, 0.15) is 18.5 Å². The molecule has 0 saturated carbocycles. The Bertz CT molecular complexity index is 406.